The van der Waals surface area contributed by atoms with Gasteiger partial charge in [-0.15, -0.1) is 0 Å². The minimum atomic E-state index is -3.14. The Kier molecular flexibility index (Phi) is 31.7. The number of carbonyl (C=O) groups is 1. The van der Waals surface area contributed by atoms with Crippen molar-refractivity contribution in [1.82, 2.24) is 5.32 Å². The molecular weight excluding hydrogens is 685 g/mol. The number of allylic oxidation sites excluding steroid dienone is 1. The molecular formula is C42H83NO3Sn. The van der Waals surface area contributed by atoms with Crippen LogP contribution in [0.4, 0.5) is 0 Å². The summed E-state index contributed by atoms with van der Waals surface area (Å²) in [6.45, 7) is 9.76. The minimum absolute atomic E-state index is 0.0171. The van der Waals surface area contributed by atoms with Crippen LogP contribution >= 0.6 is 0 Å². The molecule has 1 amide bonds. The summed E-state index contributed by atoms with van der Waals surface area (Å²) < 4.78 is 16.0. The van der Waals surface area contributed by atoms with Crippen molar-refractivity contribution in [3.05, 3.63) is 12.2 Å². The van der Waals surface area contributed by atoms with Gasteiger partial charge in [0.1, 0.15) is 0 Å². The van der Waals surface area contributed by atoms with Crippen molar-refractivity contribution in [2.75, 3.05) is 6.61 Å². The fourth-order valence-corrected chi connectivity index (χ4v) is 18.0. The fourth-order valence-electron chi connectivity index (χ4n) is 7.02. The zero-order chi connectivity index (χ0) is 34.1. The standard InChI is InChI=1S/C34H65NO3.2C4H9.Sn/c1-3-5-7-9-11-13-15-17-19-21-23-25-27-29-33(37)32(31-36)35-34(38)30-28-26-24-22-20-18-16-14-12-10-8-6-4-2;2*1-3-4-2;/h27,29,32-33H,3-26,28,30-31H2,1-2H3,(H,35,38);2*1,3-4H2,2H3;/q-2;;;+2/b29-27+;;;/t32-,33+;;;/m0.../s1. The molecule has 0 aromatic rings. The Morgan fingerprint density at radius 2 is 0.979 bits per heavy atom. The van der Waals surface area contributed by atoms with Gasteiger partial charge in [0.2, 0.25) is 0 Å². The first-order valence-electron chi connectivity index (χ1n) is 21.4. The van der Waals surface area contributed by atoms with Crippen LogP contribution in [0.2, 0.25) is 8.87 Å². The zero-order valence-corrected chi connectivity index (χ0v) is 35.2. The first-order valence-corrected chi connectivity index (χ1v) is 27.7. The number of rotatable bonds is 34. The van der Waals surface area contributed by atoms with Crippen LogP contribution in [0.5, 0.6) is 0 Å². The van der Waals surface area contributed by atoms with Gasteiger partial charge < -0.3 is 0 Å². The topological polar surface area (TPSA) is 47.6 Å². The fraction of sp³-hybridized carbons (Fsp3) is 0.929. The average molecular weight is 769 g/mol. The summed E-state index contributed by atoms with van der Waals surface area (Å²) in [5.41, 5.74) is 0. The number of hydrogen-bond donors (Lipinski definition) is 1. The first kappa shape index (κ1) is 45.0. The van der Waals surface area contributed by atoms with Crippen molar-refractivity contribution >= 4 is 25.1 Å². The maximum atomic E-state index is 13.0. The molecule has 1 rings (SSSR count). The van der Waals surface area contributed by atoms with E-state index in [1.165, 1.54) is 167 Å². The number of hydrogen-bond acceptors (Lipinski definition) is 3. The zero-order valence-electron chi connectivity index (χ0n) is 32.4. The molecule has 0 spiro atoms. The van der Waals surface area contributed by atoms with E-state index in [1.807, 2.05) is 0 Å². The van der Waals surface area contributed by atoms with E-state index in [-0.39, 0.29) is 18.1 Å². The van der Waals surface area contributed by atoms with Crippen LogP contribution in [0.3, 0.4) is 0 Å². The number of carbonyl (C=O) groups excluding carboxylic acids is 1. The third-order valence-corrected chi connectivity index (χ3v) is 20.6. The molecule has 5 heteroatoms. The van der Waals surface area contributed by atoms with Crippen molar-refractivity contribution in [2.45, 2.75) is 241 Å². The van der Waals surface area contributed by atoms with E-state index in [2.05, 4.69) is 45.2 Å². The van der Waals surface area contributed by atoms with E-state index in [0.29, 0.717) is 13.0 Å². The maximum absolute atomic E-state index is 13.0. The van der Waals surface area contributed by atoms with Gasteiger partial charge in [0.05, 0.1) is 0 Å². The molecule has 0 unspecified atom stereocenters. The molecule has 0 aromatic heterocycles. The molecule has 47 heavy (non-hydrogen) atoms. The average Bonchev–Trinajstić information content (AvgIpc) is 3.08. The molecule has 1 N–H and O–H groups in total. The Morgan fingerprint density at radius 3 is 1.43 bits per heavy atom. The SMILES string of the molecule is CCCCCCCCCCCCC/C=C/[C@H]1[O][Sn]([CH2]CCC)([CH2]CCC)[O]C[C@@H]1NC(=O)CCCCCCCCCCCCCCC. The van der Waals surface area contributed by atoms with Gasteiger partial charge in [-0.25, -0.2) is 0 Å². The van der Waals surface area contributed by atoms with Crippen LogP contribution in [0.15, 0.2) is 12.2 Å². The summed E-state index contributed by atoms with van der Waals surface area (Å²) in [7, 11) is 0. The Bertz CT molecular complexity index is 706. The van der Waals surface area contributed by atoms with Crippen molar-refractivity contribution in [3.8, 4) is 0 Å². The van der Waals surface area contributed by atoms with Crippen molar-refractivity contribution in [2.24, 2.45) is 0 Å². The Balaban J connectivity index is 2.40. The third kappa shape index (κ3) is 25.5. The van der Waals surface area contributed by atoms with Gasteiger partial charge in [-0.05, 0) is 0 Å². The van der Waals surface area contributed by atoms with Crippen molar-refractivity contribution < 1.29 is 10.9 Å². The molecule has 2 atom stereocenters. The van der Waals surface area contributed by atoms with Gasteiger partial charge >= 0.3 is 217 Å². The van der Waals surface area contributed by atoms with Crippen LogP contribution in [0, 0.1) is 0 Å². The Labute approximate surface area is 300 Å². The normalized spacial score (nSPS) is 17.9. The molecule has 278 valence electrons. The molecule has 1 aliphatic rings. The number of unbranched alkanes of at least 4 members (excludes halogenated alkanes) is 25. The summed E-state index contributed by atoms with van der Waals surface area (Å²) in [6, 6.07) is -0.0499. The predicted octanol–water partition coefficient (Wildman–Crippen LogP) is 13.7. The molecule has 0 aromatic carbocycles. The van der Waals surface area contributed by atoms with E-state index in [0.717, 1.165) is 28.1 Å². The van der Waals surface area contributed by atoms with Gasteiger partial charge in [-0.3, -0.25) is 0 Å². The summed E-state index contributed by atoms with van der Waals surface area (Å²) >= 11 is -3.14. The van der Waals surface area contributed by atoms with E-state index in [4.69, 9.17) is 6.15 Å². The van der Waals surface area contributed by atoms with E-state index in [1.54, 1.807) is 0 Å². The summed E-state index contributed by atoms with van der Waals surface area (Å²) in [6.07, 6.45) is 43.6. The molecule has 0 bridgehead atoms. The van der Waals surface area contributed by atoms with Gasteiger partial charge in [0.25, 0.3) is 0 Å². The number of nitrogens with one attached hydrogen (secondary N) is 1. The molecule has 1 aliphatic heterocycles. The molecule has 0 aliphatic carbocycles. The molecule has 0 radical (unpaired) electrons. The minimum Gasteiger partial charge on any atom is -0.0654 e. The number of amides is 1. The second-order valence-electron chi connectivity index (χ2n) is 14.9. The molecule has 1 fully saturated rings. The monoisotopic (exact) mass is 770 g/mol. The summed E-state index contributed by atoms with van der Waals surface area (Å²) in [4.78, 5) is 13.0. The molecule has 0 saturated carbocycles. The van der Waals surface area contributed by atoms with Crippen LogP contribution in [0.1, 0.15) is 220 Å². The Hall–Kier alpha value is -0.0713. The van der Waals surface area contributed by atoms with Crippen LogP contribution in [-0.4, -0.2) is 43.9 Å². The van der Waals surface area contributed by atoms with Crippen LogP contribution in [-0.2, 0) is 10.9 Å². The summed E-state index contributed by atoms with van der Waals surface area (Å²) in [5.74, 6) is 0.179. The van der Waals surface area contributed by atoms with Crippen molar-refractivity contribution in [1.29, 1.82) is 0 Å². The van der Waals surface area contributed by atoms with E-state index in [9.17, 15) is 4.79 Å². The second kappa shape index (κ2) is 33.1. The van der Waals surface area contributed by atoms with Gasteiger partial charge in [0, 0.05) is 0 Å². The quantitative estimate of drug-likeness (QED) is 0.0403. The smallest absolute Gasteiger partial charge is 0.0654 e. The van der Waals surface area contributed by atoms with Gasteiger partial charge in [-0.1, -0.05) is 84.5 Å². The first-order chi connectivity index (χ1) is 23.1. The van der Waals surface area contributed by atoms with Crippen molar-refractivity contribution in [3.63, 3.8) is 0 Å². The molecule has 1 heterocycles. The molecule has 4 nitrogen and oxygen atoms in total. The van der Waals surface area contributed by atoms with Gasteiger partial charge in [-0.2, -0.15) is 0 Å². The van der Waals surface area contributed by atoms with Crippen LogP contribution in [0.25, 0.3) is 0 Å². The van der Waals surface area contributed by atoms with E-state index >= 15 is 0 Å². The molecule has 1 saturated heterocycles. The van der Waals surface area contributed by atoms with E-state index < -0.39 is 19.2 Å². The van der Waals surface area contributed by atoms with Crippen LogP contribution < -0.4 is 5.32 Å². The summed E-state index contributed by atoms with van der Waals surface area (Å²) in [5, 5.41) is 3.35. The second-order valence-corrected chi connectivity index (χ2v) is 24.5. The third-order valence-electron chi connectivity index (χ3n) is 10.2. The Morgan fingerprint density at radius 1 is 0.574 bits per heavy atom. The van der Waals surface area contributed by atoms with Gasteiger partial charge in [0.15, 0.2) is 0 Å². The predicted molar refractivity (Wildman–Crippen MR) is 208 cm³/mol.